The molecule has 108 valence electrons. The largest absolute Gasteiger partial charge is 0.345 e. The number of para-hydroxylation sites is 1. The van der Waals surface area contributed by atoms with Gasteiger partial charge in [0.1, 0.15) is 0 Å². The van der Waals surface area contributed by atoms with Crippen molar-refractivity contribution in [3.05, 3.63) is 30.0 Å². The topological polar surface area (TPSA) is 75.0 Å². The van der Waals surface area contributed by atoms with Crippen LogP contribution in [0.15, 0.2) is 24.3 Å². The minimum absolute atomic E-state index is 0.0690. The molecule has 0 unspecified atom stereocenters. The summed E-state index contributed by atoms with van der Waals surface area (Å²) in [6.07, 6.45) is 0.331. The van der Waals surface area contributed by atoms with Gasteiger partial charge >= 0.3 is 0 Å². The number of aromatic amines is 1. The van der Waals surface area contributed by atoms with Crippen molar-refractivity contribution in [1.82, 2.24) is 15.1 Å². The summed E-state index contributed by atoms with van der Waals surface area (Å²) in [5.74, 6) is 0.0703. The van der Waals surface area contributed by atoms with Gasteiger partial charge in [0.05, 0.1) is 17.6 Å². The quantitative estimate of drug-likeness (QED) is 0.868. The zero-order chi connectivity index (χ0) is 14.8. The Morgan fingerprint density at radius 2 is 2.10 bits per heavy atom. The van der Waals surface area contributed by atoms with Gasteiger partial charge in [-0.2, -0.15) is 5.10 Å². The summed E-state index contributed by atoms with van der Waals surface area (Å²) in [7, 11) is 1.82. The molecule has 3 N–H and O–H groups in total. The first-order chi connectivity index (χ1) is 9.43. The van der Waals surface area contributed by atoms with Crippen LogP contribution in [0.4, 0.5) is 0 Å². The minimum Gasteiger partial charge on any atom is -0.345 e. The Bertz CT molecular complexity index is 603. The second kappa shape index (κ2) is 5.63. The standard InChI is InChI=1S/C15H22N4O/c1-15(2,9-16)10-19(3)14(20)8-13-11-6-4-5-7-12(11)17-18-13/h4-7H,8-10,16H2,1-3H3,(H,17,18). The molecule has 5 heteroatoms. The predicted octanol–water partition coefficient (Wildman–Crippen LogP) is 1.55. The molecule has 0 aliphatic rings. The van der Waals surface area contributed by atoms with Gasteiger partial charge in [0.15, 0.2) is 0 Å². The average Bonchev–Trinajstić information content (AvgIpc) is 2.82. The van der Waals surface area contributed by atoms with E-state index in [1.165, 1.54) is 0 Å². The first kappa shape index (κ1) is 14.5. The first-order valence-corrected chi connectivity index (χ1v) is 6.79. The minimum atomic E-state index is -0.0690. The third-order valence-electron chi connectivity index (χ3n) is 3.51. The van der Waals surface area contributed by atoms with Gasteiger partial charge in [-0.05, 0) is 18.0 Å². The van der Waals surface area contributed by atoms with E-state index in [1.54, 1.807) is 4.90 Å². The van der Waals surface area contributed by atoms with Crippen LogP contribution in [-0.2, 0) is 11.2 Å². The molecule has 1 amide bonds. The van der Waals surface area contributed by atoms with E-state index in [1.807, 2.05) is 31.3 Å². The number of benzene rings is 1. The lowest BCUT2D eigenvalue weighted by molar-refractivity contribution is -0.130. The maximum atomic E-state index is 12.3. The highest BCUT2D eigenvalue weighted by atomic mass is 16.2. The first-order valence-electron chi connectivity index (χ1n) is 6.79. The number of nitrogens with zero attached hydrogens (tertiary/aromatic N) is 2. The highest BCUT2D eigenvalue weighted by molar-refractivity contribution is 5.87. The molecule has 2 rings (SSSR count). The molecule has 20 heavy (non-hydrogen) atoms. The molecule has 0 radical (unpaired) electrons. The van der Waals surface area contributed by atoms with E-state index in [2.05, 4.69) is 24.0 Å². The molecule has 1 heterocycles. The van der Waals surface area contributed by atoms with E-state index in [0.717, 1.165) is 16.6 Å². The fraction of sp³-hybridized carbons (Fsp3) is 0.467. The number of nitrogens with one attached hydrogen (secondary N) is 1. The Morgan fingerprint density at radius 1 is 1.40 bits per heavy atom. The van der Waals surface area contributed by atoms with Gasteiger partial charge in [0.25, 0.3) is 0 Å². The predicted molar refractivity (Wildman–Crippen MR) is 80.3 cm³/mol. The van der Waals surface area contributed by atoms with Gasteiger partial charge in [-0.3, -0.25) is 9.89 Å². The summed E-state index contributed by atoms with van der Waals surface area (Å²) in [5, 5.41) is 8.17. The van der Waals surface area contributed by atoms with Crippen molar-refractivity contribution in [2.24, 2.45) is 11.1 Å². The lowest BCUT2D eigenvalue weighted by Crippen LogP contribution is -2.40. The van der Waals surface area contributed by atoms with Crippen molar-refractivity contribution < 1.29 is 4.79 Å². The molecule has 0 atom stereocenters. The fourth-order valence-corrected chi connectivity index (χ4v) is 2.23. The molecule has 2 aromatic rings. The van der Waals surface area contributed by atoms with Gasteiger partial charge in [-0.25, -0.2) is 0 Å². The second-order valence-electron chi connectivity index (χ2n) is 6.01. The number of hydrogen-bond donors (Lipinski definition) is 2. The van der Waals surface area contributed by atoms with E-state index >= 15 is 0 Å². The molecule has 0 saturated heterocycles. The van der Waals surface area contributed by atoms with Crippen LogP contribution < -0.4 is 5.73 Å². The smallest absolute Gasteiger partial charge is 0.228 e. The summed E-state index contributed by atoms with van der Waals surface area (Å²) in [6, 6.07) is 7.80. The number of amides is 1. The van der Waals surface area contributed by atoms with Crippen molar-refractivity contribution in [2.45, 2.75) is 20.3 Å². The number of likely N-dealkylation sites (N-methyl/N-ethyl adjacent to an activating group) is 1. The second-order valence-corrected chi connectivity index (χ2v) is 6.01. The maximum Gasteiger partial charge on any atom is 0.228 e. The van der Waals surface area contributed by atoms with Crippen LogP contribution >= 0.6 is 0 Å². The molecular weight excluding hydrogens is 252 g/mol. The lowest BCUT2D eigenvalue weighted by Gasteiger charge is -2.29. The van der Waals surface area contributed by atoms with Crippen molar-refractivity contribution in [3.63, 3.8) is 0 Å². The molecule has 0 saturated carbocycles. The molecule has 5 nitrogen and oxygen atoms in total. The van der Waals surface area contributed by atoms with Gasteiger partial charge < -0.3 is 10.6 Å². The fourth-order valence-electron chi connectivity index (χ4n) is 2.23. The van der Waals surface area contributed by atoms with Crippen molar-refractivity contribution in [3.8, 4) is 0 Å². The number of nitrogens with two attached hydrogens (primary N) is 1. The Morgan fingerprint density at radius 3 is 2.80 bits per heavy atom. The highest BCUT2D eigenvalue weighted by Crippen LogP contribution is 2.18. The molecule has 0 spiro atoms. The van der Waals surface area contributed by atoms with Crippen LogP contribution in [0.5, 0.6) is 0 Å². The zero-order valence-corrected chi connectivity index (χ0v) is 12.3. The van der Waals surface area contributed by atoms with Crippen LogP contribution in [0, 0.1) is 5.41 Å². The summed E-state index contributed by atoms with van der Waals surface area (Å²) in [4.78, 5) is 14.0. The molecular formula is C15H22N4O. The van der Waals surface area contributed by atoms with E-state index in [0.29, 0.717) is 19.5 Å². The summed E-state index contributed by atoms with van der Waals surface area (Å²) >= 11 is 0. The number of aromatic nitrogens is 2. The number of carbonyl (C=O) groups excluding carboxylic acids is 1. The van der Waals surface area contributed by atoms with E-state index < -0.39 is 0 Å². The van der Waals surface area contributed by atoms with Crippen molar-refractivity contribution in [1.29, 1.82) is 0 Å². The summed E-state index contributed by atoms with van der Waals surface area (Å²) in [5.41, 5.74) is 7.40. The Kier molecular flexibility index (Phi) is 4.09. The Hall–Kier alpha value is -1.88. The van der Waals surface area contributed by atoms with E-state index in [-0.39, 0.29) is 11.3 Å². The highest BCUT2D eigenvalue weighted by Gasteiger charge is 2.21. The monoisotopic (exact) mass is 274 g/mol. The van der Waals surface area contributed by atoms with Gasteiger partial charge in [-0.15, -0.1) is 0 Å². The normalized spacial score (nSPS) is 11.8. The van der Waals surface area contributed by atoms with Gasteiger partial charge in [0.2, 0.25) is 5.91 Å². The molecule has 0 aliphatic carbocycles. The third-order valence-corrected chi connectivity index (χ3v) is 3.51. The number of rotatable bonds is 5. The van der Waals surface area contributed by atoms with Crippen LogP contribution in [0.1, 0.15) is 19.5 Å². The van der Waals surface area contributed by atoms with E-state index in [4.69, 9.17) is 5.73 Å². The lowest BCUT2D eigenvalue weighted by atomic mass is 9.93. The molecule has 0 bridgehead atoms. The van der Waals surface area contributed by atoms with Crippen LogP contribution in [0.2, 0.25) is 0 Å². The Balaban J connectivity index is 2.08. The zero-order valence-electron chi connectivity index (χ0n) is 12.3. The third kappa shape index (κ3) is 3.17. The summed E-state index contributed by atoms with van der Waals surface area (Å²) in [6.45, 7) is 5.32. The maximum absolute atomic E-state index is 12.3. The van der Waals surface area contributed by atoms with Gasteiger partial charge in [0, 0.05) is 19.0 Å². The Labute approximate surface area is 119 Å². The van der Waals surface area contributed by atoms with Crippen LogP contribution in [0.25, 0.3) is 10.9 Å². The van der Waals surface area contributed by atoms with Crippen LogP contribution in [0.3, 0.4) is 0 Å². The number of H-pyrrole nitrogens is 1. The summed E-state index contributed by atoms with van der Waals surface area (Å²) < 4.78 is 0. The van der Waals surface area contributed by atoms with Crippen molar-refractivity contribution in [2.75, 3.05) is 20.1 Å². The molecule has 0 fully saturated rings. The average molecular weight is 274 g/mol. The van der Waals surface area contributed by atoms with Gasteiger partial charge in [-0.1, -0.05) is 32.0 Å². The number of carbonyl (C=O) groups is 1. The molecule has 0 aliphatic heterocycles. The number of fused-ring (bicyclic) bond motifs is 1. The van der Waals surface area contributed by atoms with E-state index in [9.17, 15) is 4.79 Å². The molecule has 1 aromatic carbocycles. The SMILES string of the molecule is CN(CC(C)(C)CN)C(=O)Cc1[nH]nc2ccccc12. The van der Waals surface area contributed by atoms with Crippen LogP contribution in [-0.4, -0.2) is 41.1 Å². The molecule has 1 aromatic heterocycles. The van der Waals surface area contributed by atoms with Crippen molar-refractivity contribution >= 4 is 16.8 Å². The number of hydrogen-bond acceptors (Lipinski definition) is 3.